The molecule has 0 atom stereocenters. The highest BCUT2D eigenvalue weighted by atomic mass is 15.2. The number of hydrogen-bond acceptors (Lipinski definition) is 9. The van der Waals surface area contributed by atoms with E-state index in [1.165, 1.54) is 27.8 Å². The third-order valence-electron chi connectivity index (χ3n) is 12.7. The first-order valence-electron chi connectivity index (χ1n) is 21.8. The van der Waals surface area contributed by atoms with Crippen LogP contribution in [0.5, 0.6) is 0 Å². The van der Waals surface area contributed by atoms with E-state index in [9.17, 15) is 0 Å². The van der Waals surface area contributed by atoms with Crippen molar-refractivity contribution in [3.05, 3.63) is 211 Å². The molecule has 11 rings (SSSR count). The van der Waals surface area contributed by atoms with Crippen LogP contribution in [0.15, 0.2) is 183 Å². The number of hydrogen-bond donors (Lipinski definition) is 0. The lowest BCUT2D eigenvalue weighted by atomic mass is 9.81. The van der Waals surface area contributed by atoms with Crippen LogP contribution in [0.3, 0.4) is 0 Å². The summed E-state index contributed by atoms with van der Waals surface area (Å²) in [5.41, 5.74) is 13.9. The van der Waals surface area contributed by atoms with Crippen LogP contribution in [0.1, 0.15) is 41.7 Å². The van der Waals surface area contributed by atoms with Crippen LogP contribution in [0, 0.1) is 20.8 Å². The number of rotatable bonds is 9. The van der Waals surface area contributed by atoms with Gasteiger partial charge in [0.25, 0.3) is 0 Å². The fourth-order valence-electron chi connectivity index (χ4n) is 9.45. The molecule has 1 aliphatic rings. The summed E-state index contributed by atoms with van der Waals surface area (Å²) in [6.45, 7) is 11.0. The van der Waals surface area contributed by atoms with Gasteiger partial charge in [0.15, 0.2) is 17.5 Å². The van der Waals surface area contributed by atoms with Crippen molar-refractivity contribution in [3.8, 4) is 11.1 Å². The predicted molar refractivity (Wildman–Crippen MR) is 264 cm³/mol. The quantitative estimate of drug-likeness (QED) is 0.104. The Balaban J connectivity index is 1.35. The van der Waals surface area contributed by atoms with Gasteiger partial charge in [-0.05, 0) is 104 Å². The Kier molecular flexibility index (Phi) is 9.61. The van der Waals surface area contributed by atoms with Gasteiger partial charge in [-0.15, -0.1) is 0 Å². The molecule has 3 heterocycles. The van der Waals surface area contributed by atoms with Crippen molar-refractivity contribution >= 4 is 73.1 Å². The highest BCUT2D eigenvalue weighted by Gasteiger charge is 2.37. The minimum Gasteiger partial charge on any atom is -0.294 e. The summed E-state index contributed by atoms with van der Waals surface area (Å²) >= 11 is 0. The molecule has 9 heteroatoms. The molecule has 65 heavy (non-hydrogen) atoms. The molecule has 0 spiro atoms. The minimum atomic E-state index is -0.273. The van der Waals surface area contributed by atoms with E-state index >= 15 is 0 Å². The molecule has 10 aromatic rings. The second kappa shape index (κ2) is 15.8. The smallest absolute Gasteiger partial charge is 0.156 e. The van der Waals surface area contributed by atoms with E-state index in [0.29, 0.717) is 17.5 Å². The zero-order chi connectivity index (χ0) is 44.2. The Morgan fingerprint density at radius 3 is 1.31 bits per heavy atom. The van der Waals surface area contributed by atoms with Crippen LogP contribution in [-0.2, 0) is 5.41 Å². The maximum atomic E-state index is 5.03. The first-order valence-corrected chi connectivity index (χ1v) is 21.8. The van der Waals surface area contributed by atoms with Gasteiger partial charge in [-0.25, -0.2) is 15.0 Å². The van der Waals surface area contributed by atoms with Crippen molar-refractivity contribution < 1.29 is 0 Å². The van der Waals surface area contributed by atoms with Crippen LogP contribution in [0.4, 0.5) is 51.6 Å². The van der Waals surface area contributed by atoms with Gasteiger partial charge in [-0.1, -0.05) is 97.3 Å². The SMILES string of the molecule is Cc1ccc(N(c2ccc3c(N(c4ccc(C)cc4)c4cnccn4)c4cc5c(cc4c(N(c4ccc(C)cc4)c4cnccn4)c3c2)-c2ccccc2C5(C)C)c2cnccn2)cc1. The van der Waals surface area contributed by atoms with Gasteiger partial charge in [-0.2, -0.15) is 0 Å². The highest BCUT2D eigenvalue weighted by Crippen LogP contribution is 2.56. The molecular formula is C56H45N9. The van der Waals surface area contributed by atoms with Crippen LogP contribution in [0.2, 0.25) is 0 Å². The monoisotopic (exact) mass is 843 g/mol. The van der Waals surface area contributed by atoms with Crippen LogP contribution in [-0.4, -0.2) is 29.9 Å². The normalized spacial score (nSPS) is 12.5. The zero-order valence-corrected chi connectivity index (χ0v) is 36.8. The number of nitrogens with zero attached hydrogens (tertiary/aromatic N) is 9. The number of aromatic nitrogens is 6. The van der Waals surface area contributed by atoms with Gasteiger partial charge < -0.3 is 0 Å². The van der Waals surface area contributed by atoms with E-state index in [0.717, 1.165) is 66.8 Å². The Morgan fingerprint density at radius 1 is 0.369 bits per heavy atom. The average molecular weight is 844 g/mol. The third-order valence-corrected chi connectivity index (χ3v) is 12.7. The molecular weight excluding hydrogens is 799 g/mol. The van der Waals surface area contributed by atoms with Gasteiger partial charge in [0.2, 0.25) is 0 Å². The van der Waals surface area contributed by atoms with E-state index in [2.05, 4.69) is 192 Å². The fourth-order valence-corrected chi connectivity index (χ4v) is 9.45. The predicted octanol–water partition coefficient (Wildman–Crippen LogP) is 14.0. The molecule has 0 unspecified atom stereocenters. The summed E-state index contributed by atoms with van der Waals surface area (Å²) in [5.74, 6) is 2.08. The zero-order valence-electron chi connectivity index (χ0n) is 36.8. The number of aryl methyl sites for hydroxylation is 3. The molecule has 0 saturated heterocycles. The van der Waals surface area contributed by atoms with E-state index in [1.807, 2.05) is 18.6 Å². The molecule has 0 N–H and O–H groups in total. The van der Waals surface area contributed by atoms with Gasteiger partial charge >= 0.3 is 0 Å². The molecule has 0 saturated carbocycles. The van der Waals surface area contributed by atoms with Crippen molar-refractivity contribution in [1.29, 1.82) is 0 Å². The van der Waals surface area contributed by atoms with E-state index in [-0.39, 0.29) is 5.41 Å². The largest absolute Gasteiger partial charge is 0.294 e. The average Bonchev–Trinajstić information content (AvgIpc) is 3.56. The van der Waals surface area contributed by atoms with Crippen LogP contribution < -0.4 is 14.7 Å². The lowest BCUT2D eigenvalue weighted by Crippen LogP contribution is -2.18. The second-order valence-electron chi connectivity index (χ2n) is 17.2. The summed E-state index contributed by atoms with van der Waals surface area (Å²) in [6, 6.07) is 46.2. The van der Waals surface area contributed by atoms with Crippen molar-refractivity contribution in [2.24, 2.45) is 0 Å². The standard InChI is InChI=1S/C56H45N9/c1-36-10-16-39(17-11-36)63(51-33-57-24-27-60-51)42-22-23-44-46(30-42)55(65(53-35-59-26-29-62-53)41-20-14-38(3)15-21-41)47-31-45-43-8-6-7-9-49(43)56(4,5)50(45)32-48(47)54(44)64(52-34-58-25-28-61-52)40-18-12-37(2)13-19-40/h6-35H,1-5H3. The second-order valence-corrected chi connectivity index (χ2v) is 17.2. The van der Waals surface area contributed by atoms with Gasteiger partial charge in [0.05, 0.1) is 30.0 Å². The first-order chi connectivity index (χ1) is 31.7. The van der Waals surface area contributed by atoms with E-state index in [4.69, 9.17) is 15.0 Å². The molecule has 3 aromatic heterocycles. The number of benzene rings is 7. The van der Waals surface area contributed by atoms with Crippen molar-refractivity contribution in [2.75, 3.05) is 14.7 Å². The van der Waals surface area contributed by atoms with Gasteiger partial charge in [0.1, 0.15) is 0 Å². The summed E-state index contributed by atoms with van der Waals surface area (Å²) in [4.78, 5) is 35.4. The Hall–Kier alpha value is -8.30. The molecule has 0 aliphatic heterocycles. The fraction of sp³-hybridized carbons (Fsp3) is 0.107. The first kappa shape index (κ1) is 39.5. The molecule has 7 aromatic carbocycles. The Bertz CT molecular complexity index is 3360. The summed E-state index contributed by atoms with van der Waals surface area (Å²) in [5, 5.41) is 4.06. The van der Waals surface area contributed by atoms with Crippen molar-refractivity contribution in [3.63, 3.8) is 0 Å². The lowest BCUT2D eigenvalue weighted by molar-refractivity contribution is 0.661. The van der Waals surface area contributed by atoms with Crippen LogP contribution >= 0.6 is 0 Å². The topological polar surface area (TPSA) is 87.1 Å². The summed E-state index contributed by atoms with van der Waals surface area (Å²) in [6.07, 6.45) is 15.9. The van der Waals surface area contributed by atoms with E-state index in [1.54, 1.807) is 37.2 Å². The maximum Gasteiger partial charge on any atom is 0.156 e. The van der Waals surface area contributed by atoms with Gasteiger partial charge in [-0.3, -0.25) is 29.7 Å². The van der Waals surface area contributed by atoms with Crippen molar-refractivity contribution in [2.45, 2.75) is 40.0 Å². The summed E-state index contributed by atoms with van der Waals surface area (Å²) in [7, 11) is 0. The van der Waals surface area contributed by atoms with E-state index < -0.39 is 0 Å². The molecule has 314 valence electrons. The Morgan fingerprint density at radius 2 is 0.800 bits per heavy atom. The molecule has 0 amide bonds. The summed E-state index contributed by atoms with van der Waals surface area (Å²) < 4.78 is 0. The van der Waals surface area contributed by atoms with Gasteiger partial charge in [0, 0.05) is 86.9 Å². The number of fused-ring (bicyclic) bond motifs is 5. The maximum absolute atomic E-state index is 5.03. The lowest BCUT2D eigenvalue weighted by Gasteiger charge is -2.33. The molecule has 1 aliphatic carbocycles. The molecule has 0 fully saturated rings. The molecule has 9 nitrogen and oxygen atoms in total. The third kappa shape index (κ3) is 6.80. The highest BCUT2D eigenvalue weighted by molar-refractivity contribution is 6.24. The Labute approximate surface area is 378 Å². The van der Waals surface area contributed by atoms with Crippen molar-refractivity contribution in [1.82, 2.24) is 29.9 Å². The van der Waals surface area contributed by atoms with Crippen LogP contribution in [0.25, 0.3) is 32.7 Å². The minimum absolute atomic E-state index is 0.273. The molecule has 0 bridgehead atoms. The number of anilines is 9. The molecule has 0 radical (unpaired) electrons.